The normalized spacial score (nSPS) is 29.0. The van der Waals surface area contributed by atoms with E-state index in [2.05, 4.69) is 6.07 Å². The maximum Gasteiger partial charge on any atom is 0.233 e. The van der Waals surface area contributed by atoms with Crippen molar-refractivity contribution in [1.29, 1.82) is 5.26 Å². The molecule has 1 fully saturated rings. The molecule has 1 saturated carbocycles. The second-order valence-corrected chi connectivity index (χ2v) is 7.03. The minimum absolute atomic E-state index is 0.111. The topological polar surface area (TPSA) is 91.7 Å². The van der Waals surface area contributed by atoms with Crippen LogP contribution in [0.1, 0.15) is 42.4 Å². The number of ether oxygens (including phenoxy) is 1. The van der Waals surface area contributed by atoms with Crippen molar-refractivity contribution < 1.29 is 9.53 Å². The first-order chi connectivity index (χ1) is 12.0. The van der Waals surface area contributed by atoms with Crippen LogP contribution in [0.5, 0.6) is 0 Å². The van der Waals surface area contributed by atoms with E-state index >= 15 is 0 Å². The number of benzene rings is 1. The van der Waals surface area contributed by atoms with E-state index < -0.39 is 0 Å². The minimum atomic E-state index is -0.319. The summed E-state index contributed by atoms with van der Waals surface area (Å²) in [6, 6.07) is 7.74. The van der Waals surface area contributed by atoms with Crippen molar-refractivity contribution in [3.05, 3.63) is 34.9 Å². The fraction of sp³-hybridized carbons (Fsp3) is 0.526. The molecule has 1 aromatic carbocycles. The lowest BCUT2D eigenvalue weighted by Gasteiger charge is -2.37. The Labute approximate surface area is 148 Å². The fourth-order valence-electron chi connectivity index (χ4n) is 3.81. The average Bonchev–Trinajstić information content (AvgIpc) is 2.65. The zero-order chi connectivity index (χ0) is 18.0. The van der Waals surface area contributed by atoms with E-state index in [-0.39, 0.29) is 29.9 Å². The Morgan fingerprint density at radius 2 is 2.08 bits per heavy atom. The van der Waals surface area contributed by atoms with Crippen molar-refractivity contribution in [3.63, 3.8) is 0 Å². The van der Waals surface area contributed by atoms with Gasteiger partial charge in [0.1, 0.15) is 0 Å². The van der Waals surface area contributed by atoms with E-state index in [0.717, 1.165) is 43.2 Å². The van der Waals surface area contributed by atoms with Gasteiger partial charge in [0, 0.05) is 14.2 Å². The summed E-state index contributed by atoms with van der Waals surface area (Å²) in [7, 11) is 3.41. The number of nitrogens with zero attached hydrogens (tertiary/aromatic N) is 3. The number of fused-ring (bicyclic) bond motifs is 1. The second kappa shape index (κ2) is 6.85. The first-order valence-electron chi connectivity index (χ1n) is 8.63. The van der Waals surface area contributed by atoms with Gasteiger partial charge >= 0.3 is 0 Å². The molecular formula is C19H24N4O2. The third-order valence-electron chi connectivity index (χ3n) is 5.46. The van der Waals surface area contributed by atoms with Gasteiger partial charge in [-0.15, -0.1) is 0 Å². The zero-order valence-corrected chi connectivity index (χ0v) is 14.8. The van der Waals surface area contributed by atoms with E-state index in [9.17, 15) is 10.1 Å². The molecule has 0 saturated heterocycles. The number of aliphatic imine (C=N–C) groups is 1. The summed E-state index contributed by atoms with van der Waals surface area (Å²) in [5.41, 5.74) is 8.37. The van der Waals surface area contributed by atoms with Gasteiger partial charge in [0.15, 0.2) is 5.96 Å². The van der Waals surface area contributed by atoms with Gasteiger partial charge in [-0.05, 0) is 55.4 Å². The molecule has 0 aromatic heterocycles. The number of carbonyl (C=O) groups excluding carboxylic acids is 1. The number of methoxy groups -OCH3 is 1. The van der Waals surface area contributed by atoms with Crippen LogP contribution in [-0.4, -0.2) is 42.6 Å². The summed E-state index contributed by atoms with van der Waals surface area (Å²) in [6.07, 6.45) is 4.81. The molecule has 0 unspecified atom stereocenters. The third kappa shape index (κ3) is 3.52. The van der Waals surface area contributed by atoms with E-state index in [1.54, 1.807) is 14.2 Å². The molecule has 6 heteroatoms. The predicted molar refractivity (Wildman–Crippen MR) is 95.0 cm³/mol. The number of hydrogen-bond acceptors (Lipinski definition) is 5. The number of carbonyl (C=O) groups is 1. The van der Waals surface area contributed by atoms with E-state index in [1.165, 1.54) is 4.90 Å². The lowest BCUT2D eigenvalue weighted by Crippen LogP contribution is -2.44. The van der Waals surface area contributed by atoms with Crippen LogP contribution < -0.4 is 5.73 Å². The molecule has 0 bridgehead atoms. The Morgan fingerprint density at radius 3 is 2.72 bits per heavy atom. The largest absolute Gasteiger partial charge is 0.381 e. The van der Waals surface area contributed by atoms with E-state index in [0.29, 0.717) is 5.56 Å². The quantitative estimate of drug-likeness (QED) is 0.843. The number of hydrogen-bond donors (Lipinski definition) is 1. The van der Waals surface area contributed by atoms with Crippen molar-refractivity contribution in [3.8, 4) is 6.07 Å². The number of amides is 1. The standard InChI is InChI=1S/C19H24N4O2/c1-23-17(24)10-15-9-13(12-20)3-4-14(15)11-19(22-18(23)21)7-5-16(25-2)6-8-19/h3-4,9,16H,5-8,10-11H2,1-2H3,(H2,21,22). The summed E-state index contributed by atoms with van der Waals surface area (Å²) >= 11 is 0. The highest BCUT2D eigenvalue weighted by molar-refractivity contribution is 5.97. The molecule has 1 spiro atoms. The van der Waals surface area contributed by atoms with Gasteiger partial charge in [0.25, 0.3) is 0 Å². The molecule has 0 radical (unpaired) electrons. The second-order valence-electron chi connectivity index (χ2n) is 7.03. The zero-order valence-electron chi connectivity index (χ0n) is 14.8. The van der Waals surface area contributed by atoms with Gasteiger partial charge < -0.3 is 10.5 Å². The molecule has 25 heavy (non-hydrogen) atoms. The molecule has 132 valence electrons. The monoisotopic (exact) mass is 340 g/mol. The molecule has 1 amide bonds. The number of likely N-dealkylation sites (N-methyl/N-ethyl adjacent to an activating group) is 1. The van der Waals surface area contributed by atoms with Gasteiger partial charge in [-0.2, -0.15) is 5.26 Å². The Morgan fingerprint density at radius 1 is 1.36 bits per heavy atom. The molecule has 2 N–H and O–H groups in total. The van der Waals surface area contributed by atoms with Crippen LogP contribution in [0.15, 0.2) is 23.2 Å². The fourth-order valence-corrected chi connectivity index (χ4v) is 3.81. The highest BCUT2D eigenvalue weighted by Crippen LogP contribution is 2.37. The Bertz CT molecular complexity index is 742. The van der Waals surface area contributed by atoms with E-state index in [4.69, 9.17) is 15.5 Å². The molecule has 0 atom stereocenters. The molecule has 1 heterocycles. The summed E-state index contributed by atoms with van der Waals surface area (Å²) in [4.78, 5) is 18.8. The van der Waals surface area contributed by atoms with Crippen molar-refractivity contribution in [2.24, 2.45) is 10.7 Å². The van der Waals surface area contributed by atoms with Crippen LogP contribution in [0.3, 0.4) is 0 Å². The maximum atomic E-state index is 12.5. The number of nitriles is 1. The molecule has 6 nitrogen and oxygen atoms in total. The molecule has 1 aromatic rings. The summed E-state index contributed by atoms with van der Waals surface area (Å²) in [5, 5.41) is 9.18. The van der Waals surface area contributed by atoms with Crippen LogP contribution in [0.4, 0.5) is 0 Å². The lowest BCUT2D eigenvalue weighted by molar-refractivity contribution is -0.125. The van der Waals surface area contributed by atoms with Gasteiger partial charge in [-0.3, -0.25) is 9.69 Å². The predicted octanol–water partition coefficient (Wildman–Crippen LogP) is 1.76. The average molecular weight is 340 g/mol. The Balaban J connectivity index is 2.03. The minimum Gasteiger partial charge on any atom is -0.381 e. The van der Waals surface area contributed by atoms with Gasteiger partial charge in [-0.25, -0.2) is 4.99 Å². The van der Waals surface area contributed by atoms with Crippen LogP contribution >= 0.6 is 0 Å². The first-order valence-corrected chi connectivity index (χ1v) is 8.63. The van der Waals surface area contributed by atoms with Gasteiger partial charge in [0.2, 0.25) is 5.91 Å². The molecule has 1 aliphatic heterocycles. The molecular weight excluding hydrogens is 316 g/mol. The van der Waals surface area contributed by atoms with Gasteiger partial charge in [0.05, 0.1) is 29.7 Å². The van der Waals surface area contributed by atoms with Crippen LogP contribution in [0.25, 0.3) is 0 Å². The summed E-state index contributed by atoms with van der Waals surface area (Å²) < 4.78 is 5.49. The van der Waals surface area contributed by atoms with Crippen LogP contribution in [0, 0.1) is 11.3 Å². The number of nitrogens with two attached hydrogens (primary N) is 1. The van der Waals surface area contributed by atoms with E-state index in [1.807, 2.05) is 18.2 Å². The van der Waals surface area contributed by atoms with Gasteiger partial charge in [-0.1, -0.05) is 6.07 Å². The maximum absolute atomic E-state index is 12.5. The summed E-state index contributed by atoms with van der Waals surface area (Å²) in [6.45, 7) is 0. The Kier molecular flexibility index (Phi) is 4.78. The van der Waals surface area contributed by atoms with Crippen LogP contribution in [0.2, 0.25) is 0 Å². The van der Waals surface area contributed by atoms with Crippen molar-refractivity contribution >= 4 is 11.9 Å². The summed E-state index contributed by atoms with van der Waals surface area (Å²) in [5.74, 6) is 0.161. The molecule has 3 rings (SSSR count). The van der Waals surface area contributed by atoms with Crippen molar-refractivity contribution in [2.45, 2.75) is 50.2 Å². The molecule has 1 aliphatic carbocycles. The van der Waals surface area contributed by atoms with Crippen molar-refractivity contribution in [2.75, 3.05) is 14.2 Å². The third-order valence-corrected chi connectivity index (χ3v) is 5.46. The first kappa shape index (κ1) is 17.4. The molecule has 2 aliphatic rings. The highest BCUT2D eigenvalue weighted by atomic mass is 16.5. The lowest BCUT2D eigenvalue weighted by atomic mass is 9.76. The highest BCUT2D eigenvalue weighted by Gasteiger charge is 2.37. The smallest absolute Gasteiger partial charge is 0.233 e. The van der Waals surface area contributed by atoms with Crippen molar-refractivity contribution in [1.82, 2.24) is 4.90 Å². The Hall–Kier alpha value is -2.39. The SMILES string of the molecule is COC1CCC2(CC1)Cc1ccc(C#N)cc1CC(=O)N(C)/C(N)=N\2. The number of rotatable bonds is 1. The number of guanidine groups is 1. The van der Waals surface area contributed by atoms with Crippen LogP contribution in [-0.2, 0) is 22.4 Å².